The summed E-state index contributed by atoms with van der Waals surface area (Å²) in [7, 11) is 0. The number of carbonyl (C=O) groups is 2. The fourth-order valence-electron chi connectivity index (χ4n) is 0.925. The largest absolute Gasteiger partial charge is 0.481 e. The maximum absolute atomic E-state index is 10.5. The van der Waals surface area contributed by atoms with Crippen LogP contribution in [0.25, 0.3) is 0 Å². The standard InChI is InChI=1S/C8H8O4S/c9-7(10)6(8(11)12)3-5-1-2-13-4-5/h1-2,4,6H,3H2,(H,9,10)(H,11,12). The van der Waals surface area contributed by atoms with Gasteiger partial charge in [-0.15, -0.1) is 0 Å². The van der Waals surface area contributed by atoms with Crippen molar-refractivity contribution in [3.8, 4) is 0 Å². The minimum absolute atomic E-state index is 0.0498. The molecule has 1 aromatic rings. The molecule has 0 atom stereocenters. The van der Waals surface area contributed by atoms with E-state index in [0.717, 1.165) is 5.56 Å². The molecule has 1 rings (SSSR count). The number of rotatable bonds is 4. The van der Waals surface area contributed by atoms with Gasteiger partial charge in [0.25, 0.3) is 0 Å². The van der Waals surface area contributed by atoms with Crippen LogP contribution in [0.4, 0.5) is 0 Å². The monoisotopic (exact) mass is 200 g/mol. The minimum Gasteiger partial charge on any atom is -0.481 e. The van der Waals surface area contributed by atoms with Crippen molar-refractivity contribution in [2.24, 2.45) is 5.92 Å². The minimum atomic E-state index is -1.34. The van der Waals surface area contributed by atoms with Gasteiger partial charge in [0.15, 0.2) is 5.92 Å². The first kappa shape index (κ1) is 9.73. The summed E-state index contributed by atoms with van der Waals surface area (Å²) in [5, 5.41) is 20.7. The second kappa shape index (κ2) is 4.04. The molecule has 0 aromatic carbocycles. The molecule has 4 nitrogen and oxygen atoms in total. The average molecular weight is 200 g/mol. The SMILES string of the molecule is O=C(O)C(Cc1ccsc1)C(=O)O. The van der Waals surface area contributed by atoms with E-state index in [1.807, 2.05) is 0 Å². The van der Waals surface area contributed by atoms with E-state index in [0.29, 0.717) is 0 Å². The van der Waals surface area contributed by atoms with Gasteiger partial charge in [0.05, 0.1) is 0 Å². The summed E-state index contributed by atoms with van der Waals surface area (Å²) in [4.78, 5) is 21.0. The quantitative estimate of drug-likeness (QED) is 0.713. The first-order valence-electron chi connectivity index (χ1n) is 3.58. The topological polar surface area (TPSA) is 74.6 Å². The Morgan fingerprint density at radius 1 is 1.38 bits per heavy atom. The van der Waals surface area contributed by atoms with E-state index >= 15 is 0 Å². The predicted molar refractivity (Wildman–Crippen MR) is 46.8 cm³/mol. The van der Waals surface area contributed by atoms with Gasteiger partial charge in [0.2, 0.25) is 0 Å². The lowest BCUT2D eigenvalue weighted by Crippen LogP contribution is -2.25. The van der Waals surface area contributed by atoms with Crippen LogP contribution in [-0.4, -0.2) is 22.2 Å². The Hall–Kier alpha value is -1.36. The molecule has 0 aliphatic rings. The molecular weight excluding hydrogens is 192 g/mol. The second-order valence-corrected chi connectivity index (χ2v) is 3.34. The van der Waals surface area contributed by atoms with Crippen LogP contribution in [0.5, 0.6) is 0 Å². The van der Waals surface area contributed by atoms with E-state index in [4.69, 9.17) is 10.2 Å². The molecule has 0 bridgehead atoms. The fraction of sp³-hybridized carbons (Fsp3) is 0.250. The Bertz CT molecular complexity index is 290. The average Bonchev–Trinajstić information content (AvgIpc) is 2.50. The van der Waals surface area contributed by atoms with Crippen LogP contribution < -0.4 is 0 Å². The highest BCUT2D eigenvalue weighted by Gasteiger charge is 2.25. The van der Waals surface area contributed by atoms with Crippen molar-refractivity contribution in [1.82, 2.24) is 0 Å². The molecule has 2 N–H and O–H groups in total. The first-order valence-corrected chi connectivity index (χ1v) is 4.52. The van der Waals surface area contributed by atoms with Gasteiger partial charge in [-0.3, -0.25) is 9.59 Å². The summed E-state index contributed by atoms with van der Waals surface area (Å²) >= 11 is 1.42. The molecule has 0 saturated carbocycles. The van der Waals surface area contributed by atoms with Gasteiger partial charge < -0.3 is 10.2 Å². The number of hydrogen-bond donors (Lipinski definition) is 2. The summed E-state index contributed by atoms with van der Waals surface area (Å²) < 4.78 is 0. The Balaban J connectivity index is 2.69. The molecule has 0 saturated heterocycles. The highest BCUT2D eigenvalue weighted by atomic mass is 32.1. The molecule has 1 aromatic heterocycles. The molecule has 5 heteroatoms. The zero-order valence-corrected chi connectivity index (χ0v) is 7.45. The molecule has 0 radical (unpaired) electrons. The van der Waals surface area contributed by atoms with Crippen LogP contribution in [0, 0.1) is 5.92 Å². The highest BCUT2D eigenvalue weighted by Crippen LogP contribution is 2.12. The highest BCUT2D eigenvalue weighted by molar-refractivity contribution is 7.07. The van der Waals surface area contributed by atoms with Crippen molar-refractivity contribution >= 4 is 23.3 Å². The lowest BCUT2D eigenvalue weighted by atomic mass is 10.0. The normalized spacial score (nSPS) is 10.2. The number of aliphatic carboxylic acids is 2. The molecule has 0 aliphatic carbocycles. The molecule has 0 unspecified atom stereocenters. The van der Waals surface area contributed by atoms with Gasteiger partial charge in [-0.2, -0.15) is 11.3 Å². The van der Waals surface area contributed by atoms with Crippen molar-refractivity contribution < 1.29 is 19.8 Å². The van der Waals surface area contributed by atoms with Crippen LogP contribution in [0.1, 0.15) is 5.56 Å². The Morgan fingerprint density at radius 2 is 2.00 bits per heavy atom. The summed E-state index contributed by atoms with van der Waals surface area (Å²) in [6, 6.07) is 1.73. The van der Waals surface area contributed by atoms with Crippen LogP contribution >= 0.6 is 11.3 Å². The van der Waals surface area contributed by atoms with Crippen LogP contribution in [0.15, 0.2) is 16.8 Å². The molecule has 70 valence electrons. The van der Waals surface area contributed by atoms with Gasteiger partial charge in [0.1, 0.15) is 0 Å². The van der Waals surface area contributed by atoms with E-state index in [-0.39, 0.29) is 6.42 Å². The summed E-state index contributed by atoms with van der Waals surface area (Å²) in [5.41, 5.74) is 0.750. The predicted octanol–water partition coefficient (Wildman–Crippen LogP) is 1.08. The number of hydrogen-bond acceptors (Lipinski definition) is 3. The van der Waals surface area contributed by atoms with Gasteiger partial charge in [0, 0.05) is 0 Å². The molecular formula is C8H8O4S. The Morgan fingerprint density at radius 3 is 2.38 bits per heavy atom. The molecule has 0 aliphatic heterocycles. The zero-order chi connectivity index (χ0) is 9.84. The third-order valence-corrected chi connectivity index (χ3v) is 2.35. The maximum Gasteiger partial charge on any atom is 0.318 e. The van der Waals surface area contributed by atoms with Gasteiger partial charge in [-0.25, -0.2) is 0 Å². The second-order valence-electron chi connectivity index (χ2n) is 2.56. The van der Waals surface area contributed by atoms with E-state index in [9.17, 15) is 9.59 Å². The van der Waals surface area contributed by atoms with E-state index in [2.05, 4.69) is 0 Å². The van der Waals surface area contributed by atoms with Gasteiger partial charge in [-0.1, -0.05) is 0 Å². The number of carboxylic acids is 2. The Labute approximate surface area is 78.4 Å². The Kier molecular flexibility index (Phi) is 3.02. The third-order valence-electron chi connectivity index (χ3n) is 1.62. The van der Waals surface area contributed by atoms with E-state index in [1.165, 1.54) is 11.3 Å². The van der Waals surface area contributed by atoms with Crippen molar-refractivity contribution in [1.29, 1.82) is 0 Å². The summed E-state index contributed by atoms with van der Waals surface area (Å²) in [5.74, 6) is -3.92. The van der Waals surface area contributed by atoms with Crippen molar-refractivity contribution in [3.63, 3.8) is 0 Å². The molecule has 0 spiro atoms. The molecule has 0 amide bonds. The molecule has 1 heterocycles. The van der Waals surface area contributed by atoms with Crippen LogP contribution in [0.3, 0.4) is 0 Å². The van der Waals surface area contributed by atoms with Crippen LogP contribution in [-0.2, 0) is 16.0 Å². The number of thiophene rings is 1. The van der Waals surface area contributed by atoms with Gasteiger partial charge in [-0.05, 0) is 28.8 Å². The summed E-state index contributed by atoms with van der Waals surface area (Å²) in [6.07, 6.45) is 0.0498. The van der Waals surface area contributed by atoms with E-state index < -0.39 is 17.9 Å². The van der Waals surface area contributed by atoms with Crippen molar-refractivity contribution in [2.45, 2.75) is 6.42 Å². The first-order chi connectivity index (χ1) is 6.11. The molecule has 13 heavy (non-hydrogen) atoms. The van der Waals surface area contributed by atoms with Crippen LogP contribution in [0.2, 0.25) is 0 Å². The fourth-order valence-corrected chi connectivity index (χ4v) is 1.61. The maximum atomic E-state index is 10.5. The molecule has 0 fully saturated rings. The summed E-state index contributed by atoms with van der Waals surface area (Å²) in [6.45, 7) is 0. The lowest BCUT2D eigenvalue weighted by molar-refractivity contribution is -0.154. The van der Waals surface area contributed by atoms with E-state index in [1.54, 1.807) is 16.8 Å². The van der Waals surface area contributed by atoms with Gasteiger partial charge >= 0.3 is 11.9 Å². The zero-order valence-electron chi connectivity index (χ0n) is 6.64. The van der Waals surface area contributed by atoms with Crippen molar-refractivity contribution in [3.05, 3.63) is 22.4 Å². The lowest BCUT2D eigenvalue weighted by Gasteiger charge is -2.04. The third kappa shape index (κ3) is 2.55. The van der Waals surface area contributed by atoms with Crippen molar-refractivity contribution in [2.75, 3.05) is 0 Å². The smallest absolute Gasteiger partial charge is 0.318 e. The number of carboxylic acid groups (broad SMARTS) is 2.